The van der Waals surface area contributed by atoms with E-state index in [-0.39, 0.29) is 18.0 Å². The molecule has 126 valence electrons. The highest BCUT2D eigenvalue weighted by Gasteiger charge is 2.24. The predicted molar refractivity (Wildman–Crippen MR) is 88.0 cm³/mol. The third kappa shape index (κ3) is 3.93. The molecule has 0 bridgehead atoms. The van der Waals surface area contributed by atoms with E-state index in [4.69, 9.17) is 0 Å². The Bertz CT molecular complexity index is 563. The van der Waals surface area contributed by atoms with Crippen LogP contribution in [0.2, 0.25) is 0 Å². The van der Waals surface area contributed by atoms with Crippen molar-refractivity contribution in [1.29, 1.82) is 0 Å². The van der Waals surface area contributed by atoms with E-state index in [1.165, 1.54) is 5.69 Å². The van der Waals surface area contributed by atoms with Gasteiger partial charge >= 0.3 is 6.03 Å². The van der Waals surface area contributed by atoms with Crippen LogP contribution >= 0.6 is 0 Å². The number of hydrogen-bond donors (Lipinski definition) is 2. The zero-order valence-corrected chi connectivity index (χ0v) is 13.8. The monoisotopic (exact) mass is 318 g/mol. The van der Waals surface area contributed by atoms with Gasteiger partial charge in [-0.15, -0.1) is 0 Å². The molecule has 1 aromatic rings. The zero-order chi connectivity index (χ0) is 16.2. The summed E-state index contributed by atoms with van der Waals surface area (Å²) in [5, 5.41) is 5.33. The van der Waals surface area contributed by atoms with Crippen molar-refractivity contribution in [3.63, 3.8) is 0 Å². The minimum Gasteiger partial charge on any atom is -0.349 e. The van der Waals surface area contributed by atoms with Crippen LogP contribution in [-0.4, -0.2) is 40.5 Å². The molecule has 1 aliphatic carbocycles. The maximum atomic E-state index is 12.0. The van der Waals surface area contributed by atoms with Gasteiger partial charge in [-0.3, -0.25) is 15.0 Å². The van der Waals surface area contributed by atoms with Gasteiger partial charge in [0.15, 0.2) is 0 Å². The number of amides is 3. The molecule has 0 saturated heterocycles. The second kappa shape index (κ2) is 7.17. The van der Waals surface area contributed by atoms with Crippen LogP contribution < -0.4 is 10.6 Å². The number of urea groups is 1. The Morgan fingerprint density at radius 3 is 2.83 bits per heavy atom. The molecule has 3 amide bonds. The number of imide groups is 1. The van der Waals surface area contributed by atoms with Crippen molar-refractivity contribution in [3.8, 4) is 0 Å². The lowest BCUT2D eigenvalue weighted by Gasteiger charge is -2.34. The van der Waals surface area contributed by atoms with Gasteiger partial charge in [0.2, 0.25) is 5.91 Å². The van der Waals surface area contributed by atoms with Crippen molar-refractivity contribution in [1.82, 2.24) is 20.1 Å². The molecule has 2 N–H and O–H groups in total. The Hall–Kier alpha value is -1.82. The summed E-state index contributed by atoms with van der Waals surface area (Å²) in [6, 6.07) is 4.39. The van der Waals surface area contributed by atoms with Crippen LogP contribution in [0.15, 0.2) is 18.3 Å². The summed E-state index contributed by atoms with van der Waals surface area (Å²) in [6.45, 7) is 4.73. The lowest BCUT2D eigenvalue weighted by Crippen LogP contribution is -2.45. The lowest BCUT2D eigenvalue weighted by atomic mass is 10.1. The molecule has 6 heteroatoms. The minimum atomic E-state index is -0.345. The molecule has 0 unspecified atom stereocenters. The number of nitrogens with one attached hydrogen (secondary N) is 2. The van der Waals surface area contributed by atoms with E-state index in [1.54, 1.807) is 0 Å². The van der Waals surface area contributed by atoms with Crippen LogP contribution in [0.25, 0.3) is 0 Å². The van der Waals surface area contributed by atoms with E-state index >= 15 is 0 Å². The van der Waals surface area contributed by atoms with Crippen LogP contribution in [0.1, 0.15) is 50.8 Å². The van der Waals surface area contributed by atoms with Crippen molar-refractivity contribution in [2.45, 2.75) is 57.7 Å². The number of aromatic nitrogens is 1. The summed E-state index contributed by atoms with van der Waals surface area (Å²) in [4.78, 5) is 26.1. The van der Waals surface area contributed by atoms with Gasteiger partial charge < -0.3 is 9.88 Å². The number of carbonyl (C=O) groups is 2. The van der Waals surface area contributed by atoms with Gasteiger partial charge in [-0.05, 0) is 31.9 Å². The molecule has 1 aliphatic heterocycles. The van der Waals surface area contributed by atoms with E-state index < -0.39 is 0 Å². The molecule has 23 heavy (non-hydrogen) atoms. The van der Waals surface area contributed by atoms with Crippen molar-refractivity contribution < 1.29 is 9.59 Å². The topological polar surface area (TPSA) is 66.4 Å². The number of nitrogens with zero attached hydrogens (tertiary/aromatic N) is 2. The zero-order valence-electron chi connectivity index (χ0n) is 13.8. The van der Waals surface area contributed by atoms with E-state index in [1.807, 2.05) is 0 Å². The van der Waals surface area contributed by atoms with Gasteiger partial charge in [0.25, 0.3) is 0 Å². The van der Waals surface area contributed by atoms with Crippen molar-refractivity contribution in [2.75, 3.05) is 13.1 Å². The summed E-state index contributed by atoms with van der Waals surface area (Å²) < 4.78 is 2.26. The fraction of sp³-hybridized carbons (Fsp3) is 0.647. The van der Waals surface area contributed by atoms with E-state index in [0.29, 0.717) is 19.0 Å². The first-order valence-electron chi connectivity index (χ1n) is 8.63. The maximum absolute atomic E-state index is 12.0. The van der Waals surface area contributed by atoms with E-state index in [9.17, 15) is 9.59 Å². The second-order valence-corrected chi connectivity index (χ2v) is 6.59. The first-order chi connectivity index (χ1) is 11.1. The van der Waals surface area contributed by atoms with Crippen LogP contribution in [-0.2, 0) is 11.3 Å². The third-order valence-electron chi connectivity index (χ3n) is 5.04. The predicted octanol–water partition coefficient (Wildman–Crippen LogP) is 2.02. The Morgan fingerprint density at radius 1 is 1.26 bits per heavy atom. The number of fused-ring (bicyclic) bond motifs is 1. The summed E-state index contributed by atoms with van der Waals surface area (Å²) in [7, 11) is 0. The molecule has 6 nitrogen and oxygen atoms in total. The average molecular weight is 318 g/mol. The Kier molecular flexibility index (Phi) is 5.00. The standard InChI is InChI=1S/C17H26N4O2/c1-13-15-7-4-9-21(15)12-11-20(13)10-8-16(22)19-17(23)18-14-5-2-3-6-14/h4,7,9,13-14H,2-3,5-6,8,10-12H2,1H3,(H2,18,19,22,23)/t13-/m1/s1. The molecule has 1 fully saturated rings. The Balaban J connectivity index is 1.41. The molecular formula is C17H26N4O2. The van der Waals surface area contributed by atoms with E-state index in [2.05, 4.69) is 45.4 Å². The van der Waals surface area contributed by atoms with Gasteiger partial charge in [0.05, 0.1) is 0 Å². The van der Waals surface area contributed by atoms with Gasteiger partial charge in [0, 0.05) is 50.0 Å². The smallest absolute Gasteiger partial charge is 0.321 e. The Morgan fingerprint density at radius 2 is 2.04 bits per heavy atom. The van der Waals surface area contributed by atoms with E-state index in [0.717, 1.165) is 38.8 Å². The largest absolute Gasteiger partial charge is 0.349 e. The number of hydrogen-bond acceptors (Lipinski definition) is 3. The van der Waals surface area contributed by atoms with Crippen LogP contribution in [0.3, 0.4) is 0 Å². The fourth-order valence-corrected chi connectivity index (χ4v) is 3.66. The molecule has 0 spiro atoms. The highest BCUT2D eigenvalue weighted by Crippen LogP contribution is 2.25. The molecule has 1 saturated carbocycles. The molecule has 2 aliphatic rings. The lowest BCUT2D eigenvalue weighted by molar-refractivity contribution is -0.120. The highest BCUT2D eigenvalue weighted by atomic mass is 16.2. The maximum Gasteiger partial charge on any atom is 0.321 e. The quantitative estimate of drug-likeness (QED) is 0.892. The molecule has 2 heterocycles. The average Bonchev–Trinajstić information content (AvgIpc) is 3.17. The van der Waals surface area contributed by atoms with Gasteiger partial charge in [0.1, 0.15) is 0 Å². The fourth-order valence-electron chi connectivity index (χ4n) is 3.66. The van der Waals surface area contributed by atoms with Crippen LogP contribution in [0.4, 0.5) is 4.79 Å². The minimum absolute atomic E-state index is 0.200. The molecule has 3 rings (SSSR count). The molecule has 1 aromatic heterocycles. The number of carbonyl (C=O) groups excluding carboxylic acids is 2. The number of rotatable bonds is 4. The third-order valence-corrected chi connectivity index (χ3v) is 5.04. The van der Waals surface area contributed by atoms with Crippen LogP contribution in [0, 0.1) is 0 Å². The van der Waals surface area contributed by atoms with Crippen molar-refractivity contribution in [3.05, 3.63) is 24.0 Å². The second-order valence-electron chi connectivity index (χ2n) is 6.59. The molecule has 0 aromatic carbocycles. The van der Waals surface area contributed by atoms with Crippen molar-refractivity contribution >= 4 is 11.9 Å². The summed E-state index contributed by atoms with van der Waals surface area (Å²) in [6.07, 6.45) is 6.81. The first-order valence-corrected chi connectivity index (χ1v) is 8.63. The van der Waals surface area contributed by atoms with Gasteiger partial charge in [-0.1, -0.05) is 12.8 Å². The van der Waals surface area contributed by atoms with Gasteiger partial charge in [-0.25, -0.2) is 4.79 Å². The summed E-state index contributed by atoms with van der Waals surface area (Å²) in [5.41, 5.74) is 1.29. The van der Waals surface area contributed by atoms with Crippen molar-refractivity contribution in [2.24, 2.45) is 0 Å². The summed E-state index contributed by atoms with van der Waals surface area (Å²) in [5.74, 6) is -0.200. The van der Waals surface area contributed by atoms with Crippen LogP contribution in [0.5, 0.6) is 0 Å². The highest BCUT2D eigenvalue weighted by molar-refractivity contribution is 5.94. The molecule has 1 atom stereocenters. The Labute approximate surface area is 137 Å². The van der Waals surface area contributed by atoms with Gasteiger partial charge in [-0.2, -0.15) is 0 Å². The SMILES string of the molecule is C[C@@H]1c2cccn2CCN1CCC(=O)NC(=O)NC1CCCC1. The molecule has 0 radical (unpaired) electrons. The summed E-state index contributed by atoms with van der Waals surface area (Å²) >= 11 is 0. The molecular weight excluding hydrogens is 292 g/mol. The first kappa shape index (κ1) is 16.1. The normalized spacial score (nSPS) is 21.9.